The Morgan fingerprint density at radius 3 is 2.58 bits per heavy atom. The van der Waals surface area contributed by atoms with Gasteiger partial charge in [0.2, 0.25) is 0 Å². The lowest BCUT2D eigenvalue weighted by molar-refractivity contribution is 0.0101. The molecular formula is C18H32O. The zero-order valence-electron chi connectivity index (χ0n) is 13.4. The normalized spacial score (nSPS) is 34.3. The van der Waals surface area contributed by atoms with Crippen molar-refractivity contribution in [3.63, 3.8) is 0 Å². The topological polar surface area (TPSA) is 20.2 Å². The smallest absolute Gasteiger partial charge is 0.0431 e. The molecule has 1 heteroatoms. The Kier molecular flexibility index (Phi) is 4.45. The van der Waals surface area contributed by atoms with Gasteiger partial charge in [-0.3, -0.25) is 0 Å². The molecule has 0 amide bonds. The number of unbranched alkanes of at least 4 members (excludes halogenated alkanes) is 1. The largest absolute Gasteiger partial charge is 0.396 e. The summed E-state index contributed by atoms with van der Waals surface area (Å²) in [6.45, 7) is 10.2. The minimum atomic E-state index is 0.345. The van der Waals surface area contributed by atoms with Gasteiger partial charge in [-0.15, -0.1) is 0 Å². The van der Waals surface area contributed by atoms with E-state index in [0.29, 0.717) is 17.4 Å². The first-order valence-electron chi connectivity index (χ1n) is 8.22. The van der Waals surface area contributed by atoms with Crippen LogP contribution in [0.25, 0.3) is 0 Å². The highest BCUT2D eigenvalue weighted by Crippen LogP contribution is 2.60. The van der Waals surface area contributed by atoms with Crippen molar-refractivity contribution in [3.8, 4) is 0 Å². The van der Waals surface area contributed by atoms with Crippen molar-refractivity contribution in [2.45, 2.75) is 79.1 Å². The molecule has 2 aliphatic rings. The third-order valence-electron chi connectivity index (χ3n) is 6.08. The highest BCUT2D eigenvalue weighted by Gasteiger charge is 2.49. The van der Waals surface area contributed by atoms with Crippen molar-refractivity contribution in [2.24, 2.45) is 16.7 Å². The first-order chi connectivity index (χ1) is 8.92. The molecule has 1 N–H and O–H groups in total. The first kappa shape index (κ1) is 15.1. The van der Waals surface area contributed by atoms with Gasteiger partial charge < -0.3 is 5.11 Å². The van der Waals surface area contributed by atoms with E-state index in [1.807, 2.05) is 0 Å². The molecule has 1 nitrogen and oxygen atoms in total. The highest BCUT2D eigenvalue weighted by atomic mass is 16.2. The van der Waals surface area contributed by atoms with Crippen molar-refractivity contribution in [2.75, 3.05) is 6.61 Å². The Hall–Kier alpha value is -0.300. The van der Waals surface area contributed by atoms with E-state index < -0.39 is 0 Å². The fraction of sp³-hybridized carbons (Fsp3) is 0.889. The van der Waals surface area contributed by atoms with E-state index in [2.05, 4.69) is 27.7 Å². The van der Waals surface area contributed by atoms with Gasteiger partial charge in [0.1, 0.15) is 0 Å². The molecule has 110 valence electrons. The zero-order valence-corrected chi connectivity index (χ0v) is 13.4. The first-order valence-corrected chi connectivity index (χ1v) is 8.22. The van der Waals surface area contributed by atoms with Gasteiger partial charge in [0.05, 0.1) is 0 Å². The molecule has 19 heavy (non-hydrogen) atoms. The maximum atomic E-state index is 9.03. The number of hydrogen-bond acceptors (Lipinski definition) is 1. The van der Waals surface area contributed by atoms with Crippen LogP contribution in [-0.2, 0) is 0 Å². The molecule has 2 atom stereocenters. The van der Waals surface area contributed by atoms with Gasteiger partial charge in [0.15, 0.2) is 0 Å². The minimum absolute atomic E-state index is 0.345. The molecule has 0 bridgehead atoms. The summed E-state index contributed by atoms with van der Waals surface area (Å²) in [5.41, 5.74) is 4.37. The molecule has 1 fully saturated rings. The molecule has 0 aliphatic heterocycles. The summed E-state index contributed by atoms with van der Waals surface area (Å²) in [5.74, 6) is 0.863. The minimum Gasteiger partial charge on any atom is -0.396 e. The molecule has 0 radical (unpaired) electrons. The Labute approximate surface area is 119 Å². The lowest BCUT2D eigenvalue weighted by Gasteiger charge is -2.55. The van der Waals surface area contributed by atoms with Crippen LogP contribution in [0.1, 0.15) is 79.1 Å². The second kappa shape index (κ2) is 5.60. The molecule has 1 saturated carbocycles. The van der Waals surface area contributed by atoms with E-state index in [9.17, 15) is 0 Å². The third-order valence-corrected chi connectivity index (χ3v) is 6.08. The summed E-state index contributed by atoms with van der Waals surface area (Å²) in [6, 6.07) is 0. The fourth-order valence-electron chi connectivity index (χ4n) is 5.10. The second-order valence-electron chi connectivity index (χ2n) is 7.79. The van der Waals surface area contributed by atoms with E-state index >= 15 is 0 Å². The maximum absolute atomic E-state index is 9.03. The van der Waals surface area contributed by atoms with Gasteiger partial charge in [-0.25, -0.2) is 0 Å². The molecular weight excluding hydrogens is 232 g/mol. The van der Waals surface area contributed by atoms with Gasteiger partial charge in [-0.1, -0.05) is 38.3 Å². The second-order valence-corrected chi connectivity index (χ2v) is 7.79. The number of allylic oxidation sites excluding steroid dienone is 2. The Morgan fingerprint density at radius 1 is 1.16 bits per heavy atom. The third kappa shape index (κ3) is 2.77. The Morgan fingerprint density at radius 2 is 1.89 bits per heavy atom. The summed E-state index contributed by atoms with van der Waals surface area (Å²) >= 11 is 0. The van der Waals surface area contributed by atoms with Crippen molar-refractivity contribution in [3.05, 3.63) is 11.1 Å². The summed E-state index contributed by atoms with van der Waals surface area (Å²) in [6.07, 6.45) is 10.2. The van der Waals surface area contributed by atoms with Crippen LogP contribution in [-0.4, -0.2) is 11.7 Å². The summed E-state index contributed by atoms with van der Waals surface area (Å²) in [7, 11) is 0. The average molecular weight is 264 g/mol. The molecule has 0 aromatic rings. The molecule has 0 saturated heterocycles. The van der Waals surface area contributed by atoms with Crippen LogP contribution in [0.2, 0.25) is 0 Å². The van der Waals surface area contributed by atoms with E-state index in [1.54, 1.807) is 11.1 Å². The Bertz CT molecular complexity index is 353. The van der Waals surface area contributed by atoms with Crippen molar-refractivity contribution in [1.29, 1.82) is 0 Å². The predicted molar refractivity (Wildman–Crippen MR) is 82.1 cm³/mol. The van der Waals surface area contributed by atoms with Crippen LogP contribution in [0.3, 0.4) is 0 Å². The fourth-order valence-corrected chi connectivity index (χ4v) is 5.10. The number of aliphatic hydroxyl groups excluding tert-OH is 1. The summed E-state index contributed by atoms with van der Waals surface area (Å²) in [4.78, 5) is 0. The molecule has 2 aliphatic carbocycles. The average Bonchev–Trinajstić information content (AvgIpc) is 2.31. The number of rotatable bonds is 4. The summed E-state index contributed by atoms with van der Waals surface area (Å²) < 4.78 is 0. The quantitative estimate of drug-likeness (QED) is 0.554. The SMILES string of the molecule is CC1=C(CCCCO)[C@@]2(C)CCCC(C)(C)[C@@H]2CC1. The van der Waals surface area contributed by atoms with Gasteiger partial charge in [0.25, 0.3) is 0 Å². The molecule has 0 aromatic heterocycles. The van der Waals surface area contributed by atoms with Crippen LogP contribution in [0, 0.1) is 16.7 Å². The van der Waals surface area contributed by atoms with Gasteiger partial charge in [0, 0.05) is 6.61 Å². The van der Waals surface area contributed by atoms with Crippen LogP contribution in [0.5, 0.6) is 0 Å². The molecule has 2 rings (SSSR count). The molecule has 0 heterocycles. The number of aliphatic hydroxyl groups is 1. The van der Waals surface area contributed by atoms with E-state index in [-0.39, 0.29) is 0 Å². The van der Waals surface area contributed by atoms with Gasteiger partial charge in [-0.05, 0) is 68.6 Å². The number of hydrogen-bond donors (Lipinski definition) is 1. The molecule has 0 spiro atoms. The van der Waals surface area contributed by atoms with Crippen molar-refractivity contribution in [1.82, 2.24) is 0 Å². The monoisotopic (exact) mass is 264 g/mol. The van der Waals surface area contributed by atoms with Crippen LogP contribution in [0.4, 0.5) is 0 Å². The maximum Gasteiger partial charge on any atom is 0.0431 e. The van der Waals surface area contributed by atoms with Crippen molar-refractivity contribution < 1.29 is 5.11 Å². The lowest BCUT2D eigenvalue weighted by Crippen LogP contribution is -2.45. The highest BCUT2D eigenvalue weighted by molar-refractivity contribution is 5.27. The Balaban J connectivity index is 2.24. The van der Waals surface area contributed by atoms with Gasteiger partial charge in [-0.2, -0.15) is 0 Å². The molecule has 0 aromatic carbocycles. The standard InChI is InChI=1S/C18H32O/c1-14-9-10-16-17(2,3)11-7-12-18(16,4)15(14)8-5-6-13-19/h16,19H,5-13H2,1-4H3/t16-,18+/m0/s1. The van der Waals surface area contributed by atoms with Crippen LogP contribution < -0.4 is 0 Å². The van der Waals surface area contributed by atoms with Crippen LogP contribution in [0.15, 0.2) is 11.1 Å². The predicted octanol–water partition coefficient (Wildman–Crippen LogP) is 5.09. The van der Waals surface area contributed by atoms with Crippen LogP contribution >= 0.6 is 0 Å². The van der Waals surface area contributed by atoms with Gasteiger partial charge >= 0.3 is 0 Å². The lowest BCUT2D eigenvalue weighted by atomic mass is 9.50. The van der Waals surface area contributed by atoms with E-state index in [0.717, 1.165) is 18.8 Å². The van der Waals surface area contributed by atoms with Crippen molar-refractivity contribution >= 4 is 0 Å². The van der Waals surface area contributed by atoms with E-state index in [1.165, 1.54) is 38.5 Å². The number of fused-ring (bicyclic) bond motifs is 1. The zero-order chi connectivity index (χ0) is 14.1. The summed E-state index contributed by atoms with van der Waals surface area (Å²) in [5, 5.41) is 9.03. The van der Waals surface area contributed by atoms with E-state index in [4.69, 9.17) is 5.11 Å². The molecule has 0 unspecified atom stereocenters.